The number of hydrogen-bond donors (Lipinski definition) is 2. The Kier molecular flexibility index (Phi) is 6.74. The highest BCUT2D eigenvalue weighted by atomic mass is 32.2. The van der Waals surface area contributed by atoms with Crippen LogP contribution in [0.15, 0.2) is 0 Å². The number of thioether (sulfide) groups is 1. The van der Waals surface area contributed by atoms with Gasteiger partial charge in [-0.2, -0.15) is 11.8 Å². The summed E-state index contributed by atoms with van der Waals surface area (Å²) in [5.74, 6) is 1.05. The fourth-order valence-electron chi connectivity index (χ4n) is 0.516. The van der Waals surface area contributed by atoms with Gasteiger partial charge in [-0.15, -0.1) is 0 Å². The van der Waals surface area contributed by atoms with Gasteiger partial charge in [0.15, 0.2) is 0 Å². The van der Waals surface area contributed by atoms with Crippen molar-refractivity contribution in [1.29, 1.82) is 0 Å². The van der Waals surface area contributed by atoms with E-state index in [9.17, 15) is 4.79 Å². The molecule has 0 heterocycles. The lowest BCUT2D eigenvalue weighted by atomic mass is 10.5. The van der Waals surface area contributed by atoms with Gasteiger partial charge in [-0.25, -0.2) is 0 Å². The number of likely N-dealkylation sites (N-methyl/N-ethyl adjacent to an activating group) is 1. The molecule has 10 heavy (non-hydrogen) atoms. The molecule has 4 heteroatoms. The van der Waals surface area contributed by atoms with Gasteiger partial charge in [0.2, 0.25) is 5.91 Å². The molecule has 0 aliphatic rings. The van der Waals surface area contributed by atoms with Crippen LogP contribution in [0.1, 0.15) is 0 Å². The van der Waals surface area contributed by atoms with Crippen LogP contribution in [0.5, 0.6) is 0 Å². The van der Waals surface area contributed by atoms with Gasteiger partial charge in [0.1, 0.15) is 0 Å². The van der Waals surface area contributed by atoms with Gasteiger partial charge in [0, 0.05) is 12.3 Å². The van der Waals surface area contributed by atoms with E-state index in [4.69, 9.17) is 0 Å². The van der Waals surface area contributed by atoms with Crippen LogP contribution >= 0.6 is 11.8 Å². The van der Waals surface area contributed by atoms with Gasteiger partial charge >= 0.3 is 0 Å². The molecule has 0 aliphatic heterocycles. The number of amides is 1. The summed E-state index contributed by atoms with van der Waals surface area (Å²) >= 11 is 1.73. The molecule has 0 unspecified atom stereocenters. The van der Waals surface area contributed by atoms with Crippen LogP contribution in [-0.4, -0.2) is 38.1 Å². The molecule has 0 spiro atoms. The van der Waals surface area contributed by atoms with E-state index < -0.39 is 0 Å². The minimum absolute atomic E-state index is 0.0663. The molecular weight excluding hydrogens is 148 g/mol. The van der Waals surface area contributed by atoms with Gasteiger partial charge in [-0.1, -0.05) is 0 Å². The predicted octanol–water partition coefficient (Wildman–Crippen LogP) is -0.315. The van der Waals surface area contributed by atoms with Crippen molar-refractivity contribution < 1.29 is 4.79 Å². The van der Waals surface area contributed by atoms with Crippen molar-refractivity contribution in [3.8, 4) is 0 Å². The second-order valence-electron chi connectivity index (χ2n) is 1.87. The Morgan fingerprint density at radius 1 is 1.60 bits per heavy atom. The van der Waals surface area contributed by atoms with Gasteiger partial charge in [0.05, 0.1) is 6.54 Å². The number of carbonyl (C=O) groups is 1. The van der Waals surface area contributed by atoms with E-state index in [1.165, 1.54) is 0 Å². The molecule has 0 aromatic rings. The van der Waals surface area contributed by atoms with Crippen molar-refractivity contribution in [3.05, 3.63) is 0 Å². The van der Waals surface area contributed by atoms with E-state index in [0.29, 0.717) is 6.54 Å². The van der Waals surface area contributed by atoms with Crippen LogP contribution < -0.4 is 10.6 Å². The first kappa shape index (κ1) is 9.78. The van der Waals surface area contributed by atoms with Crippen LogP contribution in [0.4, 0.5) is 0 Å². The van der Waals surface area contributed by atoms with Crippen molar-refractivity contribution in [2.24, 2.45) is 0 Å². The minimum Gasteiger partial charge on any atom is -0.354 e. The highest BCUT2D eigenvalue weighted by molar-refractivity contribution is 7.98. The molecule has 2 N–H and O–H groups in total. The maximum atomic E-state index is 10.7. The first-order chi connectivity index (χ1) is 4.81. The second-order valence-corrected chi connectivity index (χ2v) is 2.86. The Morgan fingerprint density at radius 3 is 2.80 bits per heavy atom. The Morgan fingerprint density at radius 2 is 2.30 bits per heavy atom. The van der Waals surface area contributed by atoms with E-state index in [1.54, 1.807) is 18.8 Å². The third-order valence-corrected chi connectivity index (χ3v) is 1.58. The van der Waals surface area contributed by atoms with Gasteiger partial charge in [0.25, 0.3) is 0 Å². The monoisotopic (exact) mass is 162 g/mol. The molecule has 0 aliphatic carbocycles. The van der Waals surface area contributed by atoms with Crippen molar-refractivity contribution in [2.75, 3.05) is 32.1 Å². The zero-order valence-electron chi connectivity index (χ0n) is 6.44. The number of rotatable bonds is 5. The third kappa shape index (κ3) is 5.91. The SMILES string of the molecule is CNCC(=O)NCCSC. The van der Waals surface area contributed by atoms with E-state index in [-0.39, 0.29) is 5.91 Å². The van der Waals surface area contributed by atoms with Crippen LogP contribution in [-0.2, 0) is 4.79 Å². The molecule has 0 aromatic carbocycles. The van der Waals surface area contributed by atoms with Crippen LogP contribution in [0.3, 0.4) is 0 Å². The topological polar surface area (TPSA) is 41.1 Å². The van der Waals surface area contributed by atoms with Crippen molar-refractivity contribution in [1.82, 2.24) is 10.6 Å². The van der Waals surface area contributed by atoms with Gasteiger partial charge in [-0.05, 0) is 13.3 Å². The highest BCUT2D eigenvalue weighted by Crippen LogP contribution is 1.86. The molecule has 3 nitrogen and oxygen atoms in total. The molecule has 0 saturated carbocycles. The van der Waals surface area contributed by atoms with Crippen molar-refractivity contribution in [2.45, 2.75) is 0 Å². The van der Waals surface area contributed by atoms with E-state index in [1.807, 2.05) is 6.26 Å². The predicted molar refractivity (Wildman–Crippen MR) is 45.3 cm³/mol. The summed E-state index contributed by atoms with van der Waals surface area (Å²) in [7, 11) is 1.76. The Labute approximate surface area is 65.9 Å². The first-order valence-electron chi connectivity index (χ1n) is 3.21. The summed E-state index contributed by atoms with van der Waals surface area (Å²) in [6, 6.07) is 0. The molecule has 1 amide bonds. The summed E-state index contributed by atoms with van der Waals surface area (Å²) in [6.45, 7) is 1.18. The van der Waals surface area contributed by atoms with Crippen molar-refractivity contribution >= 4 is 17.7 Å². The standard InChI is InChI=1S/C6H14N2OS/c1-7-5-6(9)8-3-4-10-2/h7H,3-5H2,1-2H3,(H,8,9). The lowest BCUT2D eigenvalue weighted by molar-refractivity contribution is -0.120. The lowest BCUT2D eigenvalue weighted by Crippen LogP contribution is -2.33. The summed E-state index contributed by atoms with van der Waals surface area (Å²) < 4.78 is 0. The second kappa shape index (κ2) is 6.89. The molecule has 0 atom stereocenters. The summed E-state index contributed by atoms with van der Waals surface area (Å²) in [5.41, 5.74) is 0. The van der Waals surface area contributed by atoms with E-state index in [2.05, 4.69) is 10.6 Å². The quantitative estimate of drug-likeness (QED) is 0.545. The molecule has 0 saturated heterocycles. The number of carbonyl (C=O) groups excluding carboxylic acids is 1. The fourth-order valence-corrected chi connectivity index (χ4v) is 0.822. The Balaban J connectivity index is 3.05. The molecule has 0 bridgehead atoms. The van der Waals surface area contributed by atoms with E-state index in [0.717, 1.165) is 12.3 Å². The summed E-state index contributed by atoms with van der Waals surface area (Å²) in [5, 5.41) is 5.54. The largest absolute Gasteiger partial charge is 0.354 e. The smallest absolute Gasteiger partial charge is 0.233 e. The third-order valence-electron chi connectivity index (χ3n) is 0.966. The average Bonchev–Trinajstić information content (AvgIpc) is 1.89. The van der Waals surface area contributed by atoms with Crippen LogP contribution in [0, 0.1) is 0 Å². The highest BCUT2D eigenvalue weighted by Gasteiger charge is 1.94. The average molecular weight is 162 g/mol. The zero-order valence-corrected chi connectivity index (χ0v) is 7.25. The minimum atomic E-state index is 0.0663. The molecule has 60 valence electrons. The molecule has 0 radical (unpaired) electrons. The zero-order chi connectivity index (χ0) is 7.82. The van der Waals surface area contributed by atoms with E-state index >= 15 is 0 Å². The normalized spacial score (nSPS) is 9.40. The molecular formula is C6H14N2OS. The van der Waals surface area contributed by atoms with Gasteiger partial charge < -0.3 is 10.6 Å². The van der Waals surface area contributed by atoms with Crippen LogP contribution in [0.2, 0.25) is 0 Å². The Bertz CT molecular complexity index is 97.7. The first-order valence-corrected chi connectivity index (χ1v) is 4.61. The Hall–Kier alpha value is -0.220. The molecule has 0 aromatic heterocycles. The van der Waals surface area contributed by atoms with Gasteiger partial charge in [-0.3, -0.25) is 4.79 Å². The summed E-state index contributed by atoms with van der Waals surface area (Å²) in [6.07, 6.45) is 2.02. The maximum absolute atomic E-state index is 10.7. The number of hydrogen-bond acceptors (Lipinski definition) is 3. The fraction of sp³-hybridized carbons (Fsp3) is 0.833. The molecule has 0 rings (SSSR count). The summed E-state index contributed by atoms with van der Waals surface area (Å²) in [4.78, 5) is 10.7. The van der Waals surface area contributed by atoms with Crippen molar-refractivity contribution in [3.63, 3.8) is 0 Å². The maximum Gasteiger partial charge on any atom is 0.233 e. The number of nitrogens with one attached hydrogen (secondary N) is 2. The molecule has 0 fully saturated rings. The van der Waals surface area contributed by atoms with Crippen LogP contribution in [0.25, 0.3) is 0 Å². The lowest BCUT2D eigenvalue weighted by Gasteiger charge is -2.01.